The normalized spacial score (nSPS) is 11.7. The average molecular weight is 329 g/mol. The fourth-order valence-electron chi connectivity index (χ4n) is 2.43. The second-order valence-electron chi connectivity index (χ2n) is 5.13. The average Bonchev–Trinajstić information content (AvgIpc) is 2.56. The molecule has 2 rings (SSSR count). The van der Waals surface area contributed by atoms with E-state index in [0.717, 1.165) is 5.56 Å². The first-order valence-corrected chi connectivity index (χ1v) is 8.01. The molecular formula is C18H19NO3S. The minimum Gasteiger partial charge on any atom is -0.480 e. The van der Waals surface area contributed by atoms with Gasteiger partial charge in [-0.05, 0) is 29.9 Å². The van der Waals surface area contributed by atoms with E-state index in [-0.39, 0.29) is 18.7 Å². The molecule has 0 aliphatic heterocycles. The maximum atomic E-state index is 12.8. The monoisotopic (exact) mass is 329 g/mol. The third-order valence-corrected chi connectivity index (χ3v) is 3.76. The molecule has 0 unspecified atom stereocenters. The molecule has 0 heterocycles. The highest BCUT2D eigenvalue weighted by molar-refractivity contribution is 7.80. The highest BCUT2D eigenvalue weighted by Crippen LogP contribution is 2.21. The van der Waals surface area contributed by atoms with E-state index in [0.29, 0.717) is 11.4 Å². The van der Waals surface area contributed by atoms with Gasteiger partial charge < -0.3 is 5.11 Å². The molecule has 0 aliphatic rings. The molecule has 1 N–H and O–H groups in total. The summed E-state index contributed by atoms with van der Waals surface area (Å²) in [7, 11) is 0. The number of hydrogen-bond acceptors (Lipinski definition) is 3. The molecule has 0 aromatic heterocycles. The van der Waals surface area contributed by atoms with Crippen LogP contribution in [0.4, 0.5) is 5.69 Å². The molecule has 0 saturated heterocycles. The molecule has 5 heteroatoms. The number of aliphatic carboxylic acids is 1. The van der Waals surface area contributed by atoms with Gasteiger partial charge in [-0.25, -0.2) is 4.79 Å². The van der Waals surface area contributed by atoms with Gasteiger partial charge in [0, 0.05) is 5.69 Å². The number of carbonyl (C=O) groups excluding carboxylic acids is 1. The van der Waals surface area contributed by atoms with Gasteiger partial charge in [0.05, 0.1) is 6.42 Å². The third kappa shape index (κ3) is 4.60. The number of amides is 1. The summed E-state index contributed by atoms with van der Waals surface area (Å²) in [6, 6.07) is 17.3. The van der Waals surface area contributed by atoms with Gasteiger partial charge in [0.1, 0.15) is 6.04 Å². The fraction of sp³-hybridized carbons (Fsp3) is 0.222. The molecule has 4 nitrogen and oxygen atoms in total. The fourth-order valence-corrected chi connectivity index (χ4v) is 2.67. The Hall–Kier alpha value is -2.27. The van der Waals surface area contributed by atoms with E-state index in [1.54, 1.807) is 24.3 Å². The zero-order chi connectivity index (χ0) is 16.7. The molecule has 120 valence electrons. The Morgan fingerprint density at radius 3 is 2.09 bits per heavy atom. The van der Waals surface area contributed by atoms with Crippen molar-refractivity contribution in [1.29, 1.82) is 0 Å². The van der Waals surface area contributed by atoms with Crippen molar-refractivity contribution in [3.8, 4) is 0 Å². The van der Waals surface area contributed by atoms with Crippen LogP contribution in [0.3, 0.4) is 0 Å². The van der Waals surface area contributed by atoms with E-state index in [1.807, 2.05) is 36.4 Å². The molecule has 1 atom stereocenters. The summed E-state index contributed by atoms with van der Waals surface area (Å²) in [6.45, 7) is 0. The van der Waals surface area contributed by atoms with Crippen LogP contribution in [0.1, 0.15) is 12.0 Å². The van der Waals surface area contributed by atoms with Crippen molar-refractivity contribution in [3.63, 3.8) is 0 Å². The van der Waals surface area contributed by atoms with Crippen molar-refractivity contribution in [3.05, 3.63) is 66.2 Å². The number of nitrogens with zero attached hydrogens (tertiary/aromatic N) is 1. The summed E-state index contributed by atoms with van der Waals surface area (Å²) in [5, 5.41) is 9.52. The standard InChI is InChI=1S/C18H19NO3S/c20-17(13-14-7-3-1-4-8-14)19(15-9-5-2-6-10-15)16(11-12-23)18(21)22/h1-10,16,23H,11-13H2,(H,21,22)/t16-/m0/s1. The number of carboxylic acid groups (broad SMARTS) is 1. The Bertz CT molecular complexity index is 646. The van der Waals surface area contributed by atoms with Crippen molar-refractivity contribution in [2.45, 2.75) is 18.9 Å². The van der Waals surface area contributed by atoms with Gasteiger partial charge in [-0.15, -0.1) is 0 Å². The number of carbonyl (C=O) groups is 2. The van der Waals surface area contributed by atoms with Crippen molar-refractivity contribution in [1.82, 2.24) is 0 Å². The van der Waals surface area contributed by atoms with Crippen LogP contribution in [0, 0.1) is 0 Å². The minimum absolute atomic E-state index is 0.159. The predicted octanol–water partition coefficient (Wildman–Crippen LogP) is 3.04. The lowest BCUT2D eigenvalue weighted by Gasteiger charge is -2.29. The topological polar surface area (TPSA) is 57.6 Å². The van der Waals surface area contributed by atoms with Crippen LogP contribution >= 0.6 is 12.6 Å². The van der Waals surface area contributed by atoms with Gasteiger partial charge in [0.15, 0.2) is 0 Å². The first kappa shape index (κ1) is 17.1. The Morgan fingerprint density at radius 1 is 1.00 bits per heavy atom. The van der Waals surface area contributed by atoms with Crippen LogP contribution in [0.15, 0.2) is 60.7 Å². The number of hydrogen-bond donors (Lipinski definition) is 2. The van der Waals surface area contributed by atoms with Gasteiger partial charge in [-0.3, -0.25) is 9.69 Å². The number of para-hydroxylation sites is 1. The van der Waals surface area contributed by atoms with Crippen molar-refractivity contribution >= 4 is 30.2 Å². The zero-order valence-corrected chi connectivity index (χ0v) is 13.5. The van der Waals surface area contributed by atoms with Gasteiger partial charge in [-0.1, -0.05) is 48.5 Å². The molecule has 0 aliphatic carbocycles. The maximum absolute atomic E-state index is 12.8. The van der Waals surface area contributed by atoms with Crippen molar-refractivity contribution < 1.29 is 14.7 Å². The summed E-state index contributed by atoms with van der Waals surface area (Å²) in [5.74, 6) is -0.875. The molecular weight excluding hydrogens is 310 g/mol. The molecule has 0 fully saturated rings. The van der Waals surface area contributed by atoms with Gasteiger partial charge in [-0.2, -0.15) is 12.6 Å². The van der Waals surface area contributed by atoms with Crippen LogP contribution in [-0.4, -0.2) is 28.8 Å². The van der Waals surface area contributed by atoms with Gasteiger partial charge in [0.2, 0.25) is 5.91 Å². The Morgan fingerprint density at radius 2 is 1.57 bits per heavy atom. The zero-order valence-electron chi connectivity index (χ0n) is 12.6. The van der Waals surface area contributed by atoms with E-state index in [9.17, 15) is 14.7 Å². The smallest absolute Gasteiger partial charge is 0.326 e. The lowest BCUT2D eigenvalue weighted by molar-refractivity contribution is -0.140. The third-order valence-electron chi connectivity index (χ3n) is 3.50. The van der Waals surface area contributed by atoms with Gasteiger partial charge in [0.25, 0.3) is 0 Å². The Labute approximate surface area is 141 Å². The second-order valence-corrected chi connectivity index (χ2v) is 5.58. The Kier molecular flexibility index (Phi) is 6.23. The second kappa shape index (κ2) is 8.39. The van der Waals surface area contributed by atoms with Crippen LogP contribution in [0.2, 0.25) is 0 Å². The van der Waals surface area contributed by atoms with E-state index >= 15 is 0 Å². The number of rotatable bonds is 7. The van der Waals surface area contributed by atoms with Crippen molar-refractivity contribution in [2.75, 3.05) is 10.7 Å². The molecule has 0 bridgehead atoms. The number of anilines is 1. The lowest BCUT2D eigenvalue weighted by atomic mass is 10.1. The van der Waals surface area contributed by atoms with E-state index in [4.69, 9.17) is 0 Å². The summed E-state index contributed by atoms with van der Waals surface area (Å²) in [5.41, 5.74) is 1.44. The molecule has 0 spiro atoms. The largest absolute Gasteiger partial charge is 0.480 e. The van der Waals surface area contributed by atoms with E-state index in [2.05, 4.69) is 12.6 Å². The van der Waals surface area contributed by atoms with E-state index in [1.165, 1.54) is 4.90 Å². The molecule has 0 radical (unpaired) electrons. The van der Waals surface area contributed by atoms with Crippen LogP contribution in [0.5, 0.6) is 0 Å². The van der Waals surface area contributed by atoms with Crippen LogP contribution in [0.25, 0.3) is 0 Å². The highest BCUT2D eigenvalue weighted by atomic mass is 32.1. The quantitative estimate of drug-likeness (QED) is 0.768. The summed E-state index contributed by atoms with van der Waals surface area (Å²) in [4.78, 5) is 25.8. The molecule has 1 amide bonds. The molecule has 2 aromatic rings. The first-order valence-electron chi connectivity index (χ1n) is 7.38. The first-order chi connectivity index (χ1) is 11.1. The molecule has 0 saturated carbocycles. The number of carboxylic acids is 1. The number of thiol groups is 1. The predicted molar refractivity (Wildman–Crippen MR) is 94.0 cm³/mol. The number of benzene rings is 2. The summed E-state index contributed by atoms with van der Waals surface area (Å²) in [6.07, 6.45) is 0.444. The lowest BCUT2D eigenvalue weighted by Crippen LogP contribution is -2.46. The highest BCUT2D eigenvalue weighted by Gasteiger charge is 2.30. The minimum atomic E-state index is -1.02. The Balaban J connectivity index is 2.32. The van der Waals surface area contributed by atoms with Gasteiger partial charge >= 0.3 is 5.97 Å². The summed E-state index contributed by atoms with van der Waals surface area (Å²) < 4.78 is 0. The molecule has 23 heavy (non-hydrogen) atoms. The molecule has 2 aromatic carbocycles. The SMILES string of the molecule is O=C(O)[C@H](CCS)N(C(=O)Cc1ccccc1)c1ccccc1. The maximum Gasteiger partial charge on any atom is 0.326 e. The van der Waals surface area contributed by atoms with E-state index < -0.39 is 12.0 Å². The summed E-state index contributed by atoms with van der Waals surface area (Å²) >= 11 is 4.13. The van der Waals surface area contributed by atoms with Crippen LogP contribution in [-0.2, 0) is 16.0 Å². The van der Waals surface area contributed by atoms with Crippen molar-refractivity contribution in [2.24, 2.45) is 0 Å². The van der Waals surface area contributed by atoms with Crippen LogP contribution < -0.4 is 4.90 Å².